The first-order chi connectivity index (χ1) is 3.72. The lowest BCUT2D eigenvalue weighted by Crippen LogP contribution is -2.10. The molecule has 0 saturated carbocycles. The van der Waals surface area contributed by atoms with E-state index in [0.717, 1.165) is 0 Å². The highest BCUT2D eigenvalue weighted by Crippen LogP contribution is 1.86. The second-order valence-electron chi connectivity index (χ2n) is 0.996. The van der Waals surface area contributed by atoms with Gasteiger partial charge in [0.15, 0.2) is 0 Å². The summed E-state index contributed by atoms with van der Waals surface area (Å²) in [6.45, 7) is 3.03. The standard InChI is InChI=1S/C4H4N2O2/c1-3(2-5)4(7)8-6/h1,6H2. The molecule has 0 radical (unpaired) electrons. The van der Waals surface area contributed by atoms with E-state index in [4.69, 9.17) is 5.26 Å². The van der Waals surface area contributed by atoms with E-state index in [-0.39, 0.29) is 5.57 Å². The Kier molecular flexibility index (Phi) is 2.31. The number of hydrogen-bond acceptors (Lipinski definition) is 4. The second-order valence-corrected chi connectivity index (χ2v) is 0.996. The van der Waals surface area contributed by atoms with Crippen LogP contribution >= 0.6 is 0 Å². The van der Waals surface area contributed by atoms with Crippen molar-refractivity contribution in [2.75, 3.05) is 0 Å². The summed E-state index contributed by atoms with van der Waals surface area (Å²) in [6, 6.07) is 1.47. The Morgan fingerprint density at radius 3 is 2.50 bits per heavy atom. The highest BCUT2D eigenvalue weighted by atomic mass is 16.7. The van der Waals surface area contributed by atoms with E-state index < -0.39 is 5.97 Å². The number of nitriles is 1. The molecule has 0 amide bonds. The molecule has 4 nitrogen and oxygen atoms in total. The molecule has 8 heavy (non-hydrogen) atoms. The van der Waals surface area contributed by atoms with Crippen LogP contribution in [0.4, 0.5) is 0 Å². The summed E-state index contributed by atoms with van der Waals surface area (Å²) in [7, 11) is 0. The lowest BCUT2D eigenvalue weighted by atomic mass is 10.4. The quantitative estimate of drug-likeness (QED) is 0.281. The summed E-state index contributed by atoms with van der Waals surface area (Å²) in [4.78, 5) is 13.7. The molecular weight excluding hydrogens is 108 g/mol. The zero-order valence-corrected chi connectivity index (χ0v) is 4.05. The van der Waals surface area contributed by atoms with Gasteiger partial charge in [-0.05, 0) is 0 Å². The minimum Gasteiger partial charge on any atom is -0.369 e. The predicted octanol–water partition coefficient (Wildman–Crippen LogP) is -0.517. The Balaban J connectivity index is 3.89. The van der Waals surface area contributed by atoms with Gasteiger partial charge < -0.3 is 4.84 Å². The Bertz CT molecular complexity index is 156. The molecular formula is C4H4N2O2. The first-order valence-electron chi connectivity index (χ1n) is 1.72. The number of hydrogen-bond donors (Lipinski definition) is 1. The molecule has 0 heterocycles. The normalized spacial score (nSPS) is 7.00. The minimum atomic E-state index is -0.896. The first-order valence-corrected chi connectivity index (χ1v) is 1.72. The molecule has 0 fully saturated rings. The van der Waals surface area contributed by atoms with Crippen LogP contribution in [0.1, 0.15) is 0 Å². The molecule has 0 aliphatic rings. The molecule has 4 heteroatoms. The van der Waals surface area contributed by atoms with Crippen LogP contribution in [0.5, 0.6) is 0 Å². The van der Waals surface area contributed by atoms with Gasteiger partial charge in [0.1, 0.15) is 11.6 Å². The van der Waals surface area contributed by atoms with Gasteiger partial charge in [-0.1, -0.05) is 6.58 Å². The lowest BCUT2D eigenvalue weighted by Gasteiger charge is -1.88. The van der Waals surface area contributed by atoms with Gasteiger partial charge in [-0.3, -0.25) is 0 Å². The van der Waals surface area contributed by atoms with Crippen LogP contribution < -0.4 is 5.90 Å². The van der Waals surface area contributed by atoms with Gasteiger partial charge >= 0.3 is 5.97 Å². The third-order valence-corrected chi connectivity index (χ3v) is 0.488. The number of rotatable bonds is 1. The fraction of sp³-hybridized carbons (Fsp3) is 0. The van der Waals surface area contributed by atoms with Crippen LogP contribution in [0.15, 0.2) is 12.2 Å². The maximum Gasteiger partial charge on any atom is 0.366 e. The number of nitrogens with zero attached hydrogens (tertiary/aromatic N) is 1. The molecule has 0 aromatic carbocycles. The third-order valence-electron chi connectivity index (χ3n) is 0.488. The van der Waals surface area contributed by atoms with Crippen molar-refractivity contribution in [1.29, 1.82) is 5.26 Å². The van der Waals surface area contributed by atoms with Crippen LogP contribution in [-0.4, -0.2) is 5.97 Å². The van der Waals surface area contributed by atoms with E-state index in [9.17, 15) is 4.79 Å². The minimum absolute atomic E-state index is 0.299. The van der Waals surface area contributed by atoms with Crippen molar-refractivity contribution in [3.63, 3.8) is 0 Å². The van der Waals surface area contributed by atoms with Gasteiger partial charge in [0.05, 0.1) is 0 Å². The summed E-state index contributed by atoms with van der Waals surface area (Å²) in [5.41, 5.74) is -0.299. The SMILES string of the molecule is C=C(C#N)C(=O)ON. The zero-order chi connectivity index (χ0) is 6.57. The van der Waals surface area contributed by atoms with E-state index in [1.54, 1.807) is 0 Å². The number of carbonyl (C=O) groups is 1. The molecule has 0 bridgehead atoms. The highest BCUT2D eigenvalue weighted by Gasteiger charge is 2.03. The Morgan fingerprint density at radius 2 is 2.38 bits per heavy atom. The van der Waals surface area contributed by atoms with Crippen LogP contribution in [-0.2, 0) is 9.63 Å². The predicted molar refractivity (Wildman–Crippen MR) is 25.0 cm³/mol. The Morgan fingerprint density at radius 1 is 1.88 bits per heavy atom. The van der Waals surface area contributed by atoms with Crippen molar-refractivity contribution in [3.05, 3.63) is 12.2 Å². The van der Waals surface area contributed by atoms with Crippen molar-refractivity contribution < 1.29 is 9.63 Å². The molecule has 0 spiro atoms. The molecule has 0 aliphatic carbocycles. The smallest absolute Gasteiger partial charge is 0.366 e. The van der Waals surface area contributed by atoms with Crippen molar-refractivity contribution in [3.8, 4) is 6.07 Å². The molecule has 0 aliphatic heterocycles. The molecule has 0 aromatic rings. The topological polar surface area (TPSA) is 76.1 Å². The molecule has 0 saturated heterocycles. The van der Waals surface area contributed by atoms with Gasteiger partial charge in [-0.2, -0.15) is 11.2 Å². The van der Waals surface area contributed by atoms with E-state index in [1.165, 1.54) is 6.07 Å². The van der Waals surface area contributed by atoms with Gasteiger partial charge in [0, 0.05) is 0 Å². The fourth-order valence-electron chi connectivity index (χ4n) is 0.117. The van der Waals surface area contributed by atoms with Gasteiger partial charge in [0.2, 0.25) is 0 Å². The molecule has 0 unspecified atom stereocenters. The van der Waals surface area contributed by atoms with Crippen LogP contribution in [0, 0.1) is 11.3 Å². The molecule has 0 atom stereocenters. The first kappa shape index (κ1) is 6.66. The lowest BCUT2D eigenvalue weighted by molar-refractivity contribution is -0.139. The number of carbonyl (C=O) groups excluding carboxylic acids is 1. The number of nitrogens with two attached hydrogens (primary N) is 1. The van der Waals surface area contributed by atoms with Gasteiger partial charge in [0.25, 0.3) is 0 Å². The summed E-state index contributed by atoms with van der Waals surface area (Å²) >= 11 is 0. The molecule has 42 valence electrons. The fourth-order valence-corrected chi connectivity index (χ4v) is 0.117. The van der Waals surface area contributed by atoms with Crippen molar-refractivity contribution in [1.82, 2.24) is 0 Å². The van der Waals surface area contributed by atoms with Crippen molar-refractivity contribution in [2.24, 2.45) is 5.90 Å². The summed E-state index contributed by atoms with van der Waals surface area (Å²) in [5.74, 6) is 3.49. The summed E-state index contributed by atoms with van der Waals surface area (Å²) in [6.07, 6.45) is 0. The average Bonchev–Trinajstić information content (AvgIpc) is 1.84. The maximum absolute atomic E-state index is 10.1. The average molecular weight is 112 g/mol. The van der Waals surface area contributed by atoms with E-state index in [2.05, 4.69) is 17.3 Å². The third kappa shape index (κ3) is 1.41. The van der Waals surface area contributed by atoms with E-state index in [0.29, 0.717) is 0 Å². The van der Waals surface area contributed by atoms with Gasteiger partial charge in [-0.25, -0.2) is 4.79 Å². The Hall–Kier alpha value is -1.34. The van der Waals surface area contributed by atoms with Crippen LogP contribution in [0.25, 0.3) is 0 Å². The molecule has 2 N–H and O–H groups in total. The van der Waals surface area contributed by atoms with Crippen LogP contribution in [0.2, 0.25) is 0 Å². The van der Waals surface area contributed by atoms with Crippen LogP contribution in [0.3, 0.4) is 0 Å². The molecule has 0 rings (SSSR count). The Labute approximate surface area is 46.1 Å². The van der Waals surface area contributed by atoms with Crippen molar-refractivity contribution >= 4 is 5.97 Å². The van der Waals surface area contributed by atoms with Crippen molar-refractivity contribution in [2.45, 2.75) is 0 Å². The maximum atomic E-state index is 10.1. The highest BCUT2D eigenvalue weighted by molar-refractivity contribution is 5.91. The van der Waals surface area contributed by atoms with Gasteiger partial charge in [-0.15, -0.1) is 0 Å². The second kappa shape index (κ2) is 2.77. The van der Waals surface area contributed by atoms with E-state index in [1.807, 2.05) is 0 Å². The zero-order valence-electron chi connectivity index (χ0n) is 4.05. The monoisotopic (exact) mass is 112 g/mol. The largest absolute Gasteiger partial charge is 0.369 e. The van der Waals surface area contributed by atoms with E-state index >= 15 is 0 Å². The summed E-state index contributed by atoms with van der Waals surface area (Å²) in [5, 5.41) is 7.93. The summed E-state index contributed by atoms with van der Waals surface area (Å²) < 4.78 is 0. The molecule has 0 aromatic heterocycles.